The molecule has 1 saturated carbocycles. The van der Waals surface area contributed by atoms with Gasteiger partial charge in [0.2, 0.25) is 0 Å². The van der Waals surface area contributed by atoms with Crippen LogP contribution in [0.5, 0.6) is 11.5 Å². The number of rotatable bonds is 8. The number of aromatic nitrogens is 1. The van der Waals surface area contributed by atoms with Crippen LogP contribution in [-0.4, -0.2) is 42.5 Å². The molecule has 0 spiro atoms. The van der Waals surface area contributed by atoms with Gasteiger partial charge in [0.15, 0.2) is 0 Å². The van der Waals surface area contributed by atoms with Crippen LogP contribution in [-0.2, 0) is 6.54 Å². The van der Waals surface area contributed by atoms with E-state index in [2.05, 4.69) is 4.98 Å². The minimum absolute atomic E-state index is 0.136. The van der Waals surface area contributed by atoms with Crippen LogP contribution in [0.15, 0.2) is 30.5 Å². The summed E-state index contributed by atoms with van der Waals surface area (Å²) in [6, 6.07) is 7.07. The monoisotopic (exact) mass is 371 g/mol. The first-order chi connectivity index (χ1) is 13.0. The molecule has 7 heteroatoms. The maximum Gasteiger partial charge on any atom is 0.265 e. The van der Waals surface area contributed by atoms with Gasteiger partial charge in [-0.3, -0.25) is 9.59 Å². The molecule has 1 aliphatic carbocycles. The van der Waals surface area contributed by atoms with E-state index in [9.17, 15) is 9.59 Å². The number of carbonyl (C=O) groups is 2. The average Bonchev–Trinajstić information content (AvgIpc) is 3.13. The second kappa shape index (κ2) is 8.16. The maximum absolute atomic E-state index is 13.1. The number of benzene rings is 1. The lowest BCUT2D eigenvalue weighted by Crippen LogP contribution is -2.37. The zero-order valence-electron chi connectivity index (χ0n) is 15.7. The van der Waals surface area contributed by atoms with E-state index in [1.54, 1.807) is 14.2 Å². The Hall–Kier alpha value is -2.96. The number of hydrogen-bond donors (Lipinski definition) is 2. The second-order valence-electron chi connectivity index (χ2n) is 6.83. The number of nitrogens with zero attached hydrogens (tertiary/aromatic N) is 1. The molecule has 1 aromatic heterocycles. The molecule has 1 aliphatic rings. The largest absolute Gasteiger partial charge is 0.497 e. The Kier molecular flexibility index (Phi) is 5.69. The molecule has 3 N–H and O–H groups in total. The summed E-state index contributed by atoms with van der Waals surface area (Å²) in [6.45, 7) is 1.09. The molecule has 27 heavy (non-hydrogen) atoms. The van der Waals surface area contributed by atoms with Crippen molar-refractivity contribution in [3.8, 4) is 11.5 Å². The summed E-state index contributed by atoms with van der Waals surface area (Å²) in [4.78, 5) is 29.0. The first-order valence-corrected chi connectivity index (χ1v) is 9.00. The van der Waals surface area contributed by atoms with Gasteiger partial charge in [0.05, 0.1) is 19.8 Å². The van der Waals surface area contributed by atoms with Crippen LogP contribution >= 0.6 is 0 Å². The fourth-order valence-electron chi connectivity index (χ4n) is 3.24. The lowest BCUT2D eigenvalue weighted by molar-refractivity contribution is 0.0678. The summed E-state index contributed by atoms with van der Waals surface area (Å²) in [7, 11) is 3.20. The van der Waals surface area contributed by atoms with Gasteiger partial charge in [-0.05, 0) is 37.0 Å². The summed E-state index contributed by atoms with van der Waals surface area (Å²) in [5.74, 6) is 1.16. The van der Waals surface area contributed by atoms with Crippen molar-refractivity contribution in [1.29, 1.82) is 0 Å². The molecule has 7 nitrogen and oxygen atoms in total. The molecule has 0 saturated heterocycles. The molecule has 1 aromatic carbocycles. The first-order valence-electron chi connectivity index (χ1n) is 9.00. The minimum Gasteiger partial charge on any atom is -0.497 e. The lowest BCUT2D eigenvalue weighted by atomic mass is 9.85. The van der Waals surface area contributed by atoms with Crippen molar-refractivity contribution in [2.75, 3.05) is 20.8 Å². The van der Waals surface area contributed by atoms with Gasteiger partial charge in [0.25, 0.3) is 11.8 Å². The number of aromatic amines is 1. The van der Waals surface area contributed by atoms with Crippen molar-refractivity contribution < 1.29 is 19.1 Å². The molecule has 0 radical (unpaired) electrons. The van der Waals surface area contributed by atoms with E-state index in [0.29, 0.717) is 36.1 Å². The van der Waals surface area contributed by atoms with E-state index in [0.717, 1.165) is 18.4 Å². The highest BCUT2D eigenvalue weighted by Crippen LogP contribution is 2.30. The van der Waals surface area contributed by atoms with Crippen LogP contribution < -0.4 is 15.2 Å². The Morgan fingerprint density at radius 3 is 2.56 bits per heavy atom. The summed E-state index contributed by atoms with van der Waals surface area (Å²) in [5, 5.41) is 0. The quantitative estimate of drug-likeness (QED) is 0.745. The van der Waals surface area contributed by atoms with E-state index in [4.69, 9.17) is 15.2 Å². The molecule has 1 fully saturated rings. The maximum atomic E-state index is 13.1. The molecule has 2 amide bonds. The number of nitrogens with one attached hydrogen (secondary N) is 1. The Bertz CT molecular complexity index is 826. The van der Waals surface area contributed by atoms with E-state index in [-0.39, 0.29) is 11.6 Å². The topological polar surface area (TPSA) is 97.6 Å². The number of H-pyrrole nitrogens is 1. The number of amides is 2. The molecule has 0 aliphatic heterocycles. The average molecular weight is 371 g/mol. The summed E-state index contributed by atoms with van der Waals surface area (Å²) >= 11 is 0. The first kappa shape index (κ1) is 18.8. The van der Waals surface area contributed by atoms with Crippen molar-refractivity contribution in [3.63, 3.8) is 0 Å². The second-order valence-corrected chi connectivity index (χ2v) is 6.83. The summed E-state index contributed by atoms with van der Waals surface area (Å²) in [5.41, 5.74) is 6.83. The van der Waals surface area contributed by atoms with Gasteiger partial charge >= 0.3 is 0 Å². The molecule has 0 unspecified atom stereocenters. The smallest absolute Gasteiger partial charge is 0.265 e. The predicted molar refractivity (Wildman–Crippen MR) is 101 cm³/mol. The number of carbonyl (C=O) groups excluding carboxylic acids is 2. The van der Waals surface area contributed by atoms with Gasteiger partial charge in [-0.1, -0.05) is 6.42 Å². The van der Waals surface area contributed by atoms with E-state index in [1.807, 2.05) is 23.1 Å². The Morgan fingerprint density at radius 1 is 1.22 bits per heavy atom. The summed E-state index contributed by atoms with van der Waals surface area (Å²) < 4.78 is 10.7. The predicted octanol–water partition coefficient (Wildman–Crippen LogP) is 2.57. The third-order valence-electron chi connectivity index (χ3n) is 5.04. The van der Waals surface area contributed by atoms with Gasteiger partial charge in [-0.25, -0.2) is 0 Å². The number of hydrogen-bond acceptors (Lipinski definition) is 4. The Morgan fingerprint density at radius 2 is 2.00 bits per heavy atom. The number of primary amides is 1. The fraction of sp³-hybridized carbons (Fsp3) is 0.400. The van der Waals surface area contributed by atoms with Gasteiger partial charge in [0, 0.05) is 30.9 Å². The lowest BCUT2D eigenvalue weighted by Gasteiger charge is -2.32. The molecule has 2 aromatic rings. The van der Waals surface area contributed by atoms with Crippen LogP contribution in [0.25, 0.3) is 0 Å². The third-order valence-corrected chi connectivity index (χ3v) is 5.04. The number of methoxy groups -OCH3 is 2. The molecule has 3 rings (SSSR count). The van der Waals surface area contributed by atoms with Crippen molar-refractivity contribution in [3.05, 3.63) is 47.3 Å². The van der Waals surface area contributed by atoms with Crippen molar-refractivity contribution in [1.82, 2.24) is 9.88 Å². The SMILES string of the molecule is COc1ccc(CN(CC2CCC2)C(=O)c2c[nH]c(C(N)=O)c2)c(OC)c1. The molecule has 1 heterocycles. The normalized spacial score (nSPS) is 13.7. The molecule has 0 bridgehead atoms. The Balaban J connectivity index is 1.84. The van der Waals surface area contributed by atoms with E-state index >= 15 is 0 Å². The highest BCUT2D eigenvalue weighted by Gasteiger charge is 2.26. The van der Waals surface area contributed by atoms with Gasteiger partial charge < -0.3 is 25.1 Å². The van der Waals surface area contributed by atoms with Crippen LogP contribution in [0.2, 0.25) is 0 Å². The summed E-state index contributed by atoms with van der Waals surface area (Å²) in [6.07, 6.45) is 4.99. The van der Waals surface area contributed by atoms with Gasteiger partial charge in [-0.15, -0.1) is 0 Å². The van der Waals surface area contributed by atoms with Crippen molar-refractivity contribution >= 4 is 11.8 Å². The van der Waals surface area contributed by atoms with Crippen LogP contribution in [0, 0.1) is 5.92 Å². The van der Waals surface area contributed by atoms with E-state index in [1.165, 1.54) is 18.7 Å². The fourth-order valence-corrected chi connectivity index (χ4v) is 3.24. The standard InChI is InChI=1S/C20H25N3O4/c1-26-16-7-6-14(18(9-16)27-2)12-23(11-13-4-3-5-13)20(25)15-8-17(19(21)24)22-10-15/h6-10,13,22H,3-5,11-12H2,1-2H3,(H2,21,24). The Labute approximate surface area is 158 Å². The van der Waals surface area contributed by atoms with Crippen molar-refractivity contribution in [2.45, 2.75) is 25.8 Å². The van der Waals surface area contributed by atoms with Crippen molar-refractivity contribution in [2.24, 2.45) is 11.7 Å². The molecular weight excluding hydrogens is 346 g/mol. The number of ether oxygens (including phenoxy) is 2. The highest BCUT2D eigenvalue weighted by atomic mass is 16.5. The zero-order valence-corrected chi connectivity index (χ0v) is 15.7. The van der Waals surface area contributed by atoms with Gasteiger partial charge in [-0.2, -0.15) is 0 Å². The van der Waals surface area contributed by atoms with Crippen LogP contribution in [0.1, 0.15) is 45.7 Å². The minimum atomic E-state index is -0.587. The highest BCUT2D eigenvalue weighted by molar-refractivity contribution is 5.98. The third kappa shape index (κ3) is 4.24. The molecular formula is C20H25N3O4. The van der Waals surface area contributed by atoms with E-state index < -0.39 is 5.91 Å². The van der Waals surface area contributed by atoms with Gasteiger partial charge in [0.1, 0.15) is 17.2 Å². The van der Waals surface area contributed by atoms with Crippen LogP contribution in [0.3, 0.4) is 0 Å². The number of nitrogens with two attached hydrogens (primary N) is 1. The van der Waals surface area contributed by atoms with Crippen LogP contribution in [0.4, 0.5) is 0 Å². The molecule has 144 valence electrons. The molecule has 0 atom stereocenters. The zero-order chi connectivity index (χ0) is 19.4.